The highest BCUT2D eigenvalue weighted by Gasteiger charge is 2.28. The van der Waals surface area contributed by atoms with E-state index in [0.717, 1.165) is 15.4 Å². The largest absolute Gasteiger partial charge is 0.465 e. The van der Waals surface area contributed by atoms with Crippen molar-refractivity contribution >= 4 is 39.2 Å². The Morgan fingerprint density at radius 3 is 2.03 bits per heavy atom. The third-order valence-electron chi connectivity index (χ3n) is 5.23. The minimum Gasteiger partial charge on any atom is -0.465 e. The molecule has 9 nitrogen and oxygen atoms in total. The Balaban J connectivity index is 2.03. The van der Waals surface area contributed by atoms with E-state index in [1.165, 1.54) is 44.6 Å². The predicted octanol–water partition coefficient (Wildman–Crippen LogP) is 3.71. The van der Waals surface area contributed by atoms with Crippen LogP contribution in [0.15, 0.2) is 71.6 Å². The first-order chi connectivity index (χ1) is 17.1. The fourth-order valence-corrected chi connectivity index (χ4v) is 5.06. The molecule has 3 aromatic carbocycles. The summed E-state index contributed by atoms with van der Waals surface area (Å²) >= 11 is 0. The highest BCUT2D eigenvalue weighted by atomic mass is 32.2. The molecule has 1 N–H and O–H groups in total. The van der Waals surface area contributed by atoms with Gasteiger partial charge in [-0.1, -0.05) is 24.3 Å². The Kier molecular flexibility index (Phi) is 8.11. The van der Waals surface area contributed by atoms with Crippen LogP contribution in [0.2, 0.25) is 0 Å². The maximum Gasteiger partial charge on any atom is 0.339 e. The second kappa shape index (κ2) is 11.0. The number of anilines is 2. The van der Waals surface area contributed by atoms with Gasteiger partial charge in [0, 0.05) is 0 Å². The van der Waals surface area contributed by atoms with E-state index in [0.29, 0.717) is 5.69 Å². The first-order valence-corrected chi connectivity index (χ1v) is 12.3. The summed E-state index contributed by atoms with van der Waals surface area (Å²) in [6.07, 6.45) is 0. The number of carbonyl (C=O) groups is 3. The van der Waals surface area contributed by atoms with Crippen LogP contribution in [0.5, 0.6) is 0 Å². The van der Waals surface area contributed by atoms with Gasteiger partial charge in [0.25, 0.3) is 10.0 Å². The molecule has 3 aromatic rings. The fourth-order valence-electron chi connectivity index (χ4n) is 3.63. The summed E-state index contributed by atoms with van der Waals surface area (Å²) in [5.41, 5.74) is 2.00. The van der Waals surface area contributed by atoms with Gasteiger partial charge >= 0.3 is 11.9 Å². The number of methoxy groups -OCH3 is 2. The standard InChI is InChI=1S/C26H26N2O7S/c1-17-12-18(2)14-20(13-17)28(36(32,33)21-8-6-5-7-9-21)16-24(29)27-23-15-19(25(30)34-3)10-11-22(23)26(31)35-4/h5-15H,16H2,1-4H3,(H,27,29). The third-order valence-corrected chi connectivity index (χ3v) is 7.02. The second-order valence-electron chi connectivity index (χ2n) is 7.96. The zero-order chi connectivity index (χ0) is 26.5. The van der Waals surface area contributed by atoms with E-state index in [4.69, 9.17) is 9.47 Å². The number of aryl methyl sites for hydroxylation is 2. The number of carbonyl (C=O) groups excluding carboxylic acids is 3. The van der Waals surface area contributed by atoms with Crippen LogP contribution in [0, 0.1) is 13.8 Å². The Labute approximate surface area is 209 Å². The molecule has 0 unspecified atom stereocenters. The van der Waals surface area contributed by atoms with E-state index in [-0.39, 0.29) is 21.7 Å². The lowest BCUT2D eigenvalue weighted by Crippen LogP contribution is -2.38. The molecule has 0 radical (unpaired) electrons. The van der Waals surface area contributed by atoms with Gasteiger partial charge in [-0.3, -0.25) is 9.10 Å². The molecule has 0 aliphatic heterocycles. The Morgan fingerprint density at radius 1 is 0.833 bits per heavy atom. The summed E-state index contributed by atoms with van der Waals surface area (Å²) < 4.78 is 37.6. The smallest absolute Gasteiger partial charge is 0.339 e. The van der Waals surface area contributed by atoms with E-state index in [2.05, 4.69) is 5.32 Å². The summed E-state index contributed by atoms with van der Waals surface area (Å²) in [5, 5.41) is 2.54. The van der Waals surface area contributed by atoms with Gasteiger partial charge in [0.15, 0.2) is 0 Å². The van der Waals surface area contributed by atoms with Gasteiger partial charge in [-0.15, -0.1) is 0 Å². The van der Waals surface area contributed by atoms with Crippen LogP contribution < -0.4 is 9.62 Å². The van der Waals surface area contributed by atoms with Crippen LogP contribution in [0.1, 0.15) is 31.8 Å². The highest BCUT2D eigenvalue weighted by Crippen LogP contribution is 2.26. The zero-order valence-corrected chi connectivity index (χ0v) is 21.1. The number of hydrogen-bond donors (Lipinski definition) is 1. The fraction of sp³-hybridized carbons (Fsp3) is 0.192. The van der Waals surface area contributed by atoms with Crippen LogP contribution in [0.25, 0.3) is 0 Å². The number of nitrogens with one attached hydrogen (secondary N) is 1. The number of sulfonamides is 1. The molecule has 1 amide bonds. The molecule has 36 heavy (non-hydrogen) atoms. The number of hydrogen-bond acceptors (Lipinski definition) is 7. The molecule has 0 spiro atoms. The molecule has 10 heteroatoms. The van der Waals surface area contributed by atoms with Crippen molar-refractivity contribution < 1.29 is 32.3 Å². The summed E-state index contributed by atoms with van der Waals surface area (Å²) in [6.45, 7) is 3.05. The Bertz CT molecular complexity index is 1380. The SMILES string of the molecule is COC(=O)c1ccc(C(=O)OC)c(NC(=O)CN(c2cc(C)cc(C)c2)S(=O)(=O)c2ccccc2)c1. The molecule has 3 rings (SSSR count). The molecule has 0 atom stereocenters. The van der Waals surface area contributed by atoms with E-state index < -0.39 is 34.4 Å². The number of benzene rings is 3. The van der Waals surface area contributed by atoms with Crippen molar-refractivity contribution in [2.75, 3.05) is 30.4 Å². The maximum atomic E-state index is 13.6. The van der Waals surface area contributed by atoms with Gasteiger partial charge in [0.2, 0.25) is 5.91 Å². The minimum atomic E-state index is -4.12. The van der Waals surface area contributed by atoms with Crippen LogP contribution in [0.3, 0.4) is 0 Å². The third kappa shape index (κ3) is 5.89. The first-order valence-electron chi connectivity index (χ1n) is 10.8. The minimum absolute atomic E-state index is 0.0117. The topological polar surface area (TPSA) is 119 Å². The van der Waals surface area contributed by atoms with Gasteiger partial charge in [0.1, 0.15) is 6.54 Å². The predicted molar refractivity (Wildman–Crippen MR) is 135 cm³/mol. The molecular weight excluding hydrogens is 484 g/mol. The molecule has 0 heterocycles. The average Bonchev–Trinajstić information content (AvgIpc) is 2.86. The number of esters is 2. The summed E-state index contributed by atoms with van der Waals surface area (Å²) in [7, 11) is -1.75. The quantitative estimate of drug-likeness (QED) is 0.459. The number of rotatable bonds is 8. The number of amides is 1. The molecule has 0 aliphatic carbocycles. The summed E-state index contributed by atoms with van der Waals surface area (Å²) in [5.74, 6) is -2.16. The molecule has 0 aromatic heterocycles. The lowest BCUT2D eigenvalue weighted by molar-refractivity contribution is -0.114. The Morgan fingerprint density at radius 2 is 1.44 bits per heavy atom. The molecule has 0 bridgehead atoms. The molecule has 188 valence electrons. The maximum absolute atomic E-state index is 13.6. The van der Waals surface area contributed by atoms with Crippen LogP contribution >= 0.6 is 0 Å². The monoisotopic (exact) mass is 510 g/mol. The van der Waals surface area contributed by atoms with E-state index >= 15 is 0 Å². The van der Waals surface area contributed by atoms with Crippen molar-refractivity contribution in [3.05, 3.63) is 89.0 Å². The van der Waals surface area contributed by atoms with Crippen molar-refractivity contribution in [2.45, 2.75) is 18.7 Å². The van der Waals surface area contributed by atoms with E-state index in [1.54, 1.807) is 30.3 Å². The first kappa shape index (κ1) is 26.4. The number of ether oxygens (including phenoxy) is 2. The molecular formula is C26H26N2O7S. The van der Waals surface area contributed by atoms with Gasteiger partial charge in [-0.2, -0.15) is 0 Å². The molecule has 0 fully saturated rings. The Hall–Kier alpha value is -4.18. The normalized spacial score (nSPS) is 10.9. The lowest BCUT2D eigenvalue weighted by atomic mass is 10.1. The van der Waals surface area contributed by atoms with E-state index in [9.17, 15) is 22.8 Å². The number of nitrogens with zero attached hydrogens (tertiary/aromatic N) is 1. The second-order valence-corrected chi connectivity index (χ2v) is 9.82. The summed E-state index contributed by atoms with van der Waals surface area (Å²) in [6, 6.07) is 16.9. The van der Waals surface area contributed by atoms with Crippen molar-refractivity contribution in [1.29, 1.82) is 0 Å². The van der Waals surface area contributed by atoms with Gasteiger partial charge in [-0.25, -0.2) is 18.0 Å². The summed E-state index contributed by atoms with van der Waals surface area (Å²) in [4.78, 5) is 37.4. The lowest BCUT2D eigenvalue weighted by Gasteiger charge is -2.25. The van der Waals surface area contributed by atoms with Gasteiger partial charge < -0.3 is 14.8 Å². The average molecular weight is 511 g/mol. The van der Waals surface area contributed by atoms with Crippen molar-refractivity contribution in [1.82, 2.24) is 0 Å². The van der Waals surface area contributed by atoms with E-state index in [1.807, 2.05) is 19.9 Å². The molecule has 0 saturated heterocycles. The van der Waals surface area contributed by atoms with Gasteiger partial charge in [0.05, 0.1) is 41.6 Å². The van der Waals surface area contributed by atoms with Crippen molar-refractivity contribution in [3.63, 3.8) is 0 Å². The van der Waals surface area contributed by atoms with Crippen molar-refractivity contribution in [3.8, 4) is 0 Å². The van der Waals surface area contributed by atoms with Gasteiger partial charge in [-0.05, 0) is 67.4 Å². The van der Waals surface area contributed by atoms with Crippen LogP contribution in [0.4, 0.5) is 11.4 Å². The van der Waals surface area contributed by atoms with Crippen LogP contribution in [-0.4, -0.2) is 47.0 Å². The molecule has 0 aliphatic rings. The molecule has 0 saturated carbocycles. The highest BCUT2D eigenvalue weighted by molar-refractivity contribution is 7.92. The zero-order valence-electron chi connectivity index (χ0n) is 20.3. The van der Waals surface area contributed by atoms with Crippen LogP contribution in [-0.2, 0) is 24.3 Å². The van der Waals surface area contributed by atoms with Crippen molar-refractivity contribution in [2.24, 2.45) is 0 Å².